The molecule has 0 aliphatic carbocycles. The third-order valence-corrected chi connectivity index (χ3v) is 6.02. The van der Waals surface area contributed by atoms with E-state index in [0.717, 1.165) is 44.9 Å². The van der Waals surface area contributed by atoms with E-state index in [1.807, 2.05) is 6.92 Å². The molecule has 5 nitrogen and oxygen atoms in total. The maximum absolute atomic E-state index is 11.8. The van der Waals surface area contributed by atoms with Gasteiger partial charge in [0.25, 0.3) is 0 Å². The summed E-state index contributed by atoms with van der Waals surface area (Å²) < 4.78 is 26.4. The van der Waals surface area contributed by atoms with Gasteiger partial charge in [-0.25, -0.2) is 13.1 Å². The summed E-state index contributed by atoms with van der Waals surface area (Å²) in [6, 6.07) is 0.149. The maximum Gasteiger partial charge on any atom is 0.211 e. The molecule has 2 fully saturated rings. The molecule has 0 aromatic heterocycles. The molecule has 0 amide bonds. The zero-order valence-electron chi connectivity index (χ0n) is 13.0. The van der Waals surface area contributed by atoms with E-state index < -0.39 is 10.0 Å². The molecule has 2 N–H and O–H groups in total. The molecule has 2 saturated heterocycles. The van der Waals surface area contributed by atoms with Gasteiger partial charge >= 0.3 is 0 Å². The molecule has 126 valence electrons. The number of sulfonamides is 1. The van der Waals surface area contributed by atoms with Crippen molar-refractivity contribution in [2.24, 2.45) is 5.92 Å². The van der Waals surface area contributed by atoms with Gasteiger partial charge in [-0.05, 0) is 64.2 Å². The Balaban J connectivity index is 0.00000220. The molecule has 0 aromatic carbocycles. The Hall–Kier alpha value is 0.120. The molecule has 0 aromatic rings. The van der Waals surface area contributed by atoms with E-state index in [4.69, 9.17) is 0 Å². The summed E-state index contributed by atoms with van der Waals surface area (Å²) in [5.41, 5.74) is 0. The van der Waals surface area contributed by atoms with Crippen molar-refractivity contribution in [3.63, 3.8) is 0 Å². The minimum Gasteiger partial charge on any atom is -0.317 e. The lowest BCUT2D eigenvalue weighted by atomic mass is 9.96. The van der Waals surface area contributed by atoms with Gasteiger partial charge in [0.2, 0.25) is 10.0 Å². The normalized spacial score (nSPS) is 22.9. The standard InChI is InChI=1S/C14H29N3O2S.ClH/c1-2-11-20(18,19)16-14-5-9-17(10-6-14)12-13-3-7-15-8-4-13;/h13-16H,2-12H2,1H3;1H. The monoisotopic (exact) mass is 339 g/mol. The lowest BCUT2D eigenvalue weighted by Gasteiger charge is -2.35. The van der Waals surface area contributed by atoms with Crippen molar-refractivity contribution in [2.75, 3.05) is 38.5 Å². The van der Waals surface area contributed by atoms with Crippen LogP contribution in [0, 0.1) is 5.92 Å². The molecular weight excluding hydrogens is 310 g/mol. The first-order valence-electron chi connectivity index (χ1n) is 8.02. The van der Waals surface area contributed by atoms with Gasteiger partial charge < -0.3 is 10.2 Å². The average Bonchev–Trinajstić information content (AvgIpc) is 2.42. The quantitative estimate of drug-likeness (QED) is 0.763. The zero-order valence-corrected chi connectivity index (χ0v) is 14.6. The van der Waals surface area contributed by atoms with Gasteiger partial charge in [0.1, 0.15) is 0 Å². The number of piperidine rings is 2. The van der Waals surface area contributed by atoms with Crippen LogP contribution in [0.2, 0.25) is 0 Å². The Kier molecular flexibility index (Phi) is 8.49. The summed E-state index contributed by atoms with van der Waals surface area (Å²) >= 11 is 0. The highest BCUT2D eigenvalue weighted by Crippen LogP contribution is 2.17. The summed E-state index contributed by atoms with van der Waals surface area (Å²) in [6.07, 6.45) is 5.15. The van der Waals surface area contributed by atoms with Crippen LogP contribution in [0.4, 0.5) is 0 Å². The Morgan fingerprint density at radius 2 is 1.76 bits per heavy atom. The molecule has 0 radical (unpaired) electrons. The van der Waals surface area contributed by atoms with Crippen LogP contribution in [0.15, 0.2) is 0 Å². The van der Waals surface area contributed by atoms with E-state index in [-0.39, 0.29) is 24.2 Å². The lowest BCUT2D eigenvalue weighted by molar-refractivity contribution is 0.164. The number of rotatable bonds is 6. The first-order valence-corrected chi connectivity index (χ1v) is 9.67. The Morgan fingerprint density at radius 1 is 1.14 bits per heavy atom. The van der Waals surface area contributed by atoms with Crippen LogP contribution in [0.25, 0.3) is 0 Å². The molecule has 0 spiro atoms. The van der Waals surface area contributed by atoms with Crippen LogP contribution in [-0.4, -0.2) is 57.8 Å². The number of halogens is 1. The van der Waals surface area contributed by atoms with Gasteiger partial charge in [-0.2, -0.15) is 0 Å². The molecule has 2 heterocycles. The topological polar surface area (TPSA) is 61.4 Å². The summed E-state index contributed by atoms with van der Waals surface area (Å²) in [4.78, 5) is 2.51. The molecule has 0 atom stereocenters. The SMILES string of the molecule is CCCS(=O)(=O)NC1CCN(CC2CCNCC2)CC1.Cl. The van der Waals surface area contributed by atoms with Gasteiger partial charge in [-0.1, -0.05) is 6.92 Å². The molecule has 2 rings (SSSR count). The Morgan fingerprint density at radius 3 is 2.33 bits per heavy atom. The van der Waals surface area contributed by atoms with E-state index in [1.54, 1.807) is 0 Å². The molecule has 2 aliphatic heterocycles. The minimum atomic E-state index is -3.05. The third-order valence-electron chi connectivity index (χ3n) is 4.38. The second-order valence-electron chi connectivity index (χ2n) is 6.20. The van der Waals surface area contributed by atoms with Crippen LogP contribution in [0.1, 0.15) is 39.0 Å². The van der Waals surface area contributed by atoms with Gasteiger partial charge in [-0.15, -0.1) is 12.4 Å². The highest BCUT2D eigenvalue weighted by atomic mass is 35.5. The van der Waals surface area contributed by atoms with Crippen molar-refractivity contribution in [1.29, 1.82) is 0 Å². The van der Waals surface area contributed by atoms with Crippen molar-refractivity contribution < 1.29 is 8.42 Å². The van der Waals surface area contributed by atoms with E-state index in [2.05, 4.69) is 14.9 Å². The van der Waals surface area contributed by atoms with E-state index in [0.29, 0.717) is 6.42 Å². The predicted octanol–water partition coefficient (Wildman–Crippen LogP) is 1.20. The van der Waals surface area contributed by atoms with Crippen molar-refractivity contribution in [3.05, 3.63) is 0 Å². The van der Waals surface area contributed by atoms with Gasteiger partial charge in [0.05, 0.1) is 5.75 Å². The van der Waals surface area contributed by atoms with Crippen molar-refractivity contribution in [2.45, 2.75) is 45.1 Å². The van der Waals surface area contributed by atoms with Crippen molar-refractivity contribution >= 4 is 22.4 Å². The number of nitrogens with one attached hydrogen (secondary N) is 2. The van der Waals surface area contributed by atoms with Gasteiger partial charge in [-0.3, -0.25) is 0 Å². The molecule has 0 unspecified atom stereocenters. The lowest BCUT2D eigenvalue weighted by Crippen LogP contribution is -2.47. The van der Waals surface area contributed by atoms with Crippen LogP contribution in [0.3, 0.4) is 0 Å². The van der Waals surface area contributed by atoms with Crippen molar-refractivity contribution in [1.82, 2.24) is 14.9 Å². The molecule has 0 saturated carbocycles. The van der Waals surface area contributed by atoms with Crippen LogP contribution in [-0.2, 0) is 10.0 Å². The van der Waals surface area contributed by atoms with E-state index in [1.165, 1.54) is 19.4 Å². The smallest absolute Gasteiger partial charge is 0.211 e. The number of hydrogen-bond acceptors (Lipinski definition) is 4. The molecule has 0 bridgehead atoms. The van der Waals surface area contributed by atoms with Crippen LogP contribution < -0.4 is 10.0 Å². The summed E-state index contributed by atoms with van der Waals surface area (Å²) in [5, 5.41) is 3.40. The zero-order chi connectivity index (χ0) is 14.4. The fraction of sp³-hybridized carbons (Fsp3) is 1.00. The fourth-order valence-electron chi connectivity index (χ4n) is 3.24. The summed E-state index contributed by atoms with van der Waals surface area (Å²) in [6.45, 7) is 7.46. The predicted molar refractivity (Wildman–Crippen MR) is 89.5 cm³/mol. The van der Waals surface area contributed by atoms with Gasteiger partial charge in [0, 0.05) is 12.6 Å². The Labute approximate surface area is 135 Å². The first-order chi connectivity index (χ1) is 9.59. The summed E-state index contributed by atoms with van der Waals surface area (Å²) in [5.74, 6) is 1.08. The number of nitrogens with zero attached hydrogens (tertiary/aromatic N) is 1. The number of likely N-dealkylation sites (tertiary alicyclic amines) is 1. The first kappa shape index (κ1) is 19.2. The summed E-state index contributed by atoms with van der Waals surface area (Å²) in [7, 11) is -3.05. The van der Waals surface area contributed by atoms with Crippen LogP contribution in [0.5, 0.6) is 0 Å². The molecule has 21 heavy (non-hydrogen) atoms. The Bertz CT molecular complexity index is 378. The van der Waals surface area contributed by atoms with E-state index >= 15 is 0 Å². The highest BCUT2D eigenvalue weighted by molar-refractivity contribution is 7.89. The maximum atomic E-state index is 11.8. The van der Waals surface area contributed by atoms with Crippen LogP contribution >= 0.6 is 12.4 Å². The molecule has 7 heteroatoms. The van der Waals surface area contributed by atoms with E-state index in [9.17, 15) is 8.42 Å². The molecule has 2 aliphatic rings. The minimum absolute atomic E-state index is 0. The largest absolute Gasteiger partial charge is 0.317 e. The molecular formula is C14H30ClN3O2S. The highest BCUT2D eigenvalue weighted by Gasteiger charge is 2.25. The third kappa shape index (κ3) is 6.82. The second kappa shape index (κ2) is 9.30. The second-order valence-corrected chi connectivity index (χ2v) is 8.08. The van der Waals surface area contributed by atoms with Gasteiger partial charge in [0.15, 0.2) is 0 Å². The average molecular weight is 340 g/mol. The van der Waals surface area contributed by atoms with Crippen molar-refractivity contribution in [3.8, 4) is 0 Å². The fourth-order valence-corrected chi connectivity index (χ4v) is 4.64. The number of hydrogen-bond donors (Lipinski definition) is 2.